The number of carbonyl (C=O) groups is 3. The smallest absolute Gasteiger partial charge is 0.302 e. The fourth-order valence-electron chi connectivity index (χ4n) is 4.32. The first-order valence-electron chi connectivity index (χ1n) is 9.91. The van der Waals surface area contributed by atoms with Crippen molar-refractivity contribution in [1.82, 2.24) is 0 Å². The van der Waals surface area contributed by atoms with E-state index in [1.807, 2.05) is 51.1 Å². The predicted octanol–water partition coefficient (Wildman–Crippen LogP) is 3.82. The SMILES string of the molecule is CC(=O)O[C@@H]([C@H]1CC(C)(C)[C@H](OCc2ccccc2)C1=O)C1(C)C=CC(=O)C=C1. The molecule has 1 fully saturated rings. The van der Waals surface area contributed by atoms with Crippen LogP contribution in [0.1, 0.15) is 39.7 Å². The second kappa shape index (κ2) is 8.07. The van der Waals surface area contributed by atoms with Gasteiger partial charge in [-0.05, 0) is 36.5 Å². The van der Waals surface area contributed by atoms with Crippen molar-refractivity contribution >= 4 is 17.5 Å². The molecule has 1 saturated carbocycles. The number of Topliss-reactive ketones (excluding diaryl/α,β-unsaturated/α-hetero) is 1. The predicted molar refractivity (Wildman–Crippen MR) is 109 cm³/mol. The van der Waals surface area contributed by atoms with Gasteiger partial charge >= 0.3 is 5.97 Å². The molecule has 0 N–H and O–H groups in total. The molecule has 3 atom stereocenters. The van der Waals surface area contributed by atoms with E-state index in [4.69, 9.17) is 9.47 Å². The second-order valence-electron chi connectivity index (χ2n) is 8.84. The van der Waals surface area contributed by atoms with Gasteiger partial charge in [0.1, 0.15) is 12.2 Å². The molecule has 0 saturated heterocycles. The molecular weight excluding hydrogens is 368 g/mol. The minimum Gasteiger partial charge on any atom is -0.461 e. The molecule has 1 aromatic rings. The van der Waals surface area contributed by atoms with Gasteiger partial charge in [-0.15, -0.1) is 0 Å². The number of carbonyl (C=O) groups excluding carboxylic acids is 3. The van der Waals surface area contributed by atoms with Crippen LogP contribution in [-0.2, 0) is 30.5 Å². The average molecular weight is 396 g/mol. The molecule has 3 rings (SSSR count). The van der Waals surface area contributed by atoms with Crippen molar-refractivity contribution in [2.75, 3.05) is 0 Å². The number of esters is 1. The monoisotopic (exact) mass is 396 g/mol. The van der Waals surface area contributed by atoms with Crippen molar-refractivity contribution in [1.29, 1.82) is 0 Å². The number of allylic oxidation sites excluding steroid dienone is 2. The summed E-state index contributed by atoms with van der Waals surface area (Å²) in [6, 6.07) is 9.72. The third kappa shape index (κ3) is 4.56. The van der Waals surface area contributed by atoms with Crippen molar-refractivity contribution in [2.45, 2.75) is 52.9 Å². The van der Waals surface area contributed by atoms with Crippen molar-refractivity contribution in [3.8, 4) is 0 Å². The van der Waals surface area contributed by atoms with Gasteiger partial charge in [0.25, 0.3) is 0 Å². The van der Waals surface area contributed by atoms with Crippen LogP contribution in [0.15, 0.2) is 54.6 Å². The Labute approximate surface area is 171 Å². The average Bonchev–Trinajstić information content (AvgIpc) is 2.90. The second-order valence-corrected chi connectivity index (χ2v) is 8.84. The first-order chi connectivity index (χ1) is 13.6. The molecule has 2 aliphatic rings. The van der Waals surface area contributed by atoms with Gasteiger partial charge in [0.15, 0.2) is 11.6 Å². The third-order valence-electron chi connectivity index (χ3n) is 5.82. The maximum Gasteiger partial charge on any atom is 0.302 e. The number of ether oxygens (including phenoxy) is 2. The van der Waals surface area contributed by atoms with E-state index in [9.17, 15) is 14.4 Å². The van der Waals surface area contributed by atoms with Crippen LogP contribution in [0.25, 0.3) is 0 Å². The Morgan fingerprint density at radius 1 is 1.10 bits per heavy atom. The molecule has 29 heavy (non-hydrogen) atoms. The van der Waals surface area contributed by atoms with Crippen LogP contribution in [0.3, 0.4) is 0 Å². The zero-order chi connectivity index (χ0) is 21.2. The molecule has 0 radical (unpaired) electrons. The normalized spacial score (nSPS) is 25.8. The highest BCUT2D eigenvalue weighted by atomic mass is 16.5. The van der Waals surface area contributed by atoms with Crippen LogP contribution < -0.4 is 0 Å². The molecule has 0 amide bonds. The Morgan fingerprint density at radius 2 is 1.72 bits per heavy atom. The van der Waals surface area contributed by atoms with E-state index in [0.717, 1.165) is 5.56 Å². The Bertz CT molecular complexity index is 833. The van der Waals surface area contributed by atoms with Crippen molar-refractivity contribution < 1.29 is 23.9 Å². The molecule has 5 nitrogen and oxygen atoms in total. The zero-order valence-corrected chi connectivity index (χ0v) is 17.4. The van der Waals surface area contributed by atoms with E-state index in [1.165, 1.54) is 19.1 Å². The van der Waals surface area contributed by atoms with Gasteiger partial charge in [-0.25, -0.2) is 0 Å². The van der Waals surface area contributed by atoms with E-state index in [0.29, 0.717) is 13.0 Å². The van der Waals surface area contributed by atoms with E-state index in [1.54, 1.807) is 12.2 Å². The lowest BCUT2D eigenvalue weighted by molar-refractivity contribution is -0.156. The summed E-state index contributed by atoms with van der Waals surface area (Å²) >= 11 is 0. The summed E-state index contributed by atoms with van der Waals surface area (Å²) in [5, 5.41) is 0. The number of rotatable bonds is 6. The molecule has 0 aromatic heterocycles. The van der Waals surface area contributed by atoms with Gasteiger partial charge in [-0.3, -0.25) is 14.4 Å². The molecule has 1 aromatic carbocycles. The van der Waals surface area contributed by atoms with Crippen LogP contribution >= 0.6 is 0 Å². The Hall–Kier alpha value is -2.53. The summed E-state index contributed by atoms with van der Waals surface area (Å²) in [7, 11) is 0. The van der Waals surface area contributed by atoms with Gasteiger partial charge in [-0.1, -0.05) is 56.3 Å². The van der Waals surface area contributed by atoms with Gasteiger partial charge in [0.2, 0.25) is 0 Å². The zero-order valence-electron chi connectivity index (χ0n) is 17.4. The van der Waals surface area contributed by atoms with Gasteiger partial charge in [-0.2, -0.15) is 0 Å². The molecule has 5 heteroatoms. The number of ketones is 2. The summed E-state index contributed by atoms with van der Waals surface area (Å²) in [5.41, 5.74) is -0.132. The van der Waals surface area contributed by atoms with Crippen LogP contribution in [0.4, 0.5) is 0 Å². The van der Waals surface area contributed by atoms with Crippen molar-refractivity contribution in [2.24, 2.45) is 16.7 Å². The molecule has 2 aliphatic carbocycles. The highest BCUT2D eigenvalue weighted by Crippen LogP contribution is 2.47. The topological polar surface area (TPSA) is 69.7 Å². The first kappa shape index (κ1) is 21.2. The number of hydrogen-bond acceptors (Lipinski definition) is 5. The maximum atomic E-state index is 13.4. The van der Waals surface area contributed by atoms with Crippen LogP contribution in [0.5, 0.6) is 0 Å². The standard InChI is InChI=1S/C24H28O5/c1-16(25)29-21(24(4)12-10-18(26)11-13-24)19-14-23(2,3)22(20(19)27)28-15-17-8-6-5-7-9-17/h5-13,19,21-22H,14-15H2,1-4H3/t19-,21-,22+/m0/s1. The Kier molecular flexibility index (Phi) is 5.90. The molecule has 0 spiro atoms. The summed E-state index contributed by atoms with van der Waals surface area (Å²) in [4.78, 5) is 36.8. The van der Waals surface area contributed by atoms with E-state index in [2.05, 4.69) is 0 Å². The lowest BCUT2D eigenvalue weighted by Gasteiger charge is -2.36. The number of hydrogen-bond donors (Lipinski definition) is 0. The summed E-state index contributed by atoms with van der Waals surface area (Å²) in [6.07, 6.45) is 5.62. The lowest BCUT2D eigenvalue weighted by atomic mass is 9.73. The van der Waals surface area contributed by atoms with Crippen molar-refractivity contribution in [3.05, 3.63) is 60.2 Å². The van der Waals surface area contributed by atoms with Crippen LogP contribution in [0.2, 0.25) is 0 Å². The third-order valence-corrected chi connectivity index (χ3v) is 5.82. The van der Waals surface area contributed by atoms with E-state index < -0.39 is 34.9 Å². The van der Waals surface area contributed by atoms with E-state index >= 15 is 0 Å². The quantitative estimate of drug-likeness (QED) is 0.684. The molecule has 0 bridgehead atoms. The van der Waals surface area contributed by atoms with Crippen molar-refractivity contribution in [3.63, 3.8) is 0 Å². The number of benzene rings is 1. The van der Waals surface area contributed by atoms with Gasteiger partial charge < -0.3 is 9.47 Å². The molecule has 0 heterocycles. The van der Waals surface area contributed by atoms with Crippen LogP contribution in [0, 0.1) is 16.7 Å². The largest absolute Gasteiger partial charge is 0.461 e. The maximum absolute atomic E-state index is 13.4. The molecular formula is C24H28O5. The van der Waals surface area contributed by atoms with Gasteiger partial charge in [0, 0.05) is 12.3 Å². The summed E-state index contributed by atoms with van der Waals surface area (Å²) in [6.45, 7) is 7.56. The molecule has 154 valence electrons. The molecule has 0 aliphatic heterocycles. The molecule has 0 unspecified atom stereocenters. The summed E-state index contributed by atoms with van der Waals surface area (Å²) < 4.78 is 11.7. The fraction of sp³-hybridized carbons (Fsp3) is 0.458. The summed E-state index contributed by atoms with van der Waals surface area (Å²) in [5.74, 6) is -1.14. The Morgan fingerprint density at radius 3 is 2.31 bits per heavy atom. The lowest BCUT2D eigenvalue weighted by Crippen LogP contribution is -2.43. The minimum absolute atomic E-state index is 0.0582. The van der Waals surface area contributed by atoms with Crippen LogP contribution in [-0.4, -0.2) is 29.7 Å². The fourth-order valence-corrected chi connectivity index (χ4v) is 4.32. The Balaban J connectivity index is 1.84. The minimum atomic E-state index is -0.732. The highest BCUT2D eigenvalue weighted by molar-refractivity contribution is 6.00. The van der Waals surface area contributed by atoms with Gasteiger partial charge in [0.05, 0.1) is 12.5 Å². The van der Waals surface area contributed by atoms with E-state index in [-0.39, 0.29) is 11.6 Å². The first-order valence-corrected chi connectivity index (χ1v) is 9.91. The highest BCUT2D eigenvalue weighted by Gasteiger charge is 2.55.